The highest BCUT2D eigenvalue weighted by Crippen LogP contribution is 2.32. The first-order valence-electron chi connectivity index (χ1n) is 12.0. The van der Waals surface area contributed by atoms with Crippen LogP contribution in [0, 0.1) is 17.7 Å². The Morgan fingerprint density at radius 2 is 1.67 bits per heavy atom. The van der Waals surface area contributed by atoms with Crippen LogP contribution in [0.15, 0.2) is 18.2 Å². The van der Waals surface area contributed by atoms with E-state index in [9.17, 15) is 18.8 Å². The molecule has 3 saturated heterocycles. The van der Waals surface area contributed by atoms with Gasteiger partial charge in [-0.1, -0.05) is 12.8 Å². The molecule has 3 fully saturated rings. The van der Waals surface area contributed by atoms with E-state index >= 15 is 0 Å². The molecule has 0 saturated carbocycles. The SMILES string of the molecule is O=C1CCC(Nc2ccc(N3CCC(CCC4CCN(C(=O)O)CC4)CC3)c(F)c2)C(=O)N1. The van der Waals surface area contributed by atoms with Gasteiger partial charge in [0, 0.05) is 38.3 Å². The average molecular weight is 461 g/mol. The molecule has 0 aliphatic carbocycles. The molecule has 0 radical (unpaired) electrons. The van der Waals surface area contributed by atoms with Crippen LogP contribution in [0.1, 0.15) is 51.4 Å². The number of nitrogens with one attached hydrogen (secondary N) is 2. The number of piperidine rings is 3. The third-order valence-electron chi connectivity index (χ3n) is 7.35. The Bertz CT molecular complexity index is 879. The van der Waals surface area contributed by atoms with Gasteiger partial charge in [0.25, 0.3) is 0 Å². The second-order valence-corrected chi connectivity index (χ2v) is 9.53. The number of carbonyl (C=O) groups is 3. The van der Waals surface area contributed by atoms with Crippen LogP contribution in [0.5, 0.6) is 0 Å². The number of carbonyl (C=O) groups excluding carboxylic acids is 2. The van der Waals surface area contributed by atoms with Crippen molar-refractivity contribution in [1.29, 1.82) is 0 Å². The molecule has 3 aliphatic rings. The van der Waals surface area contributed by atoms with E-state index in [1.807, 2.05) is 0 Å². The van der Waals surface area contributed by atoms with Crippen molar-refractivity contribution in [3.63, 3.8) is 0 Å². The fourth-order valence-corrected chi connectivity index (χ4v) is 5.23. The van der Waals surface area contributed by atoms with Crippen LogP contribution < -0.4 is 15.5 Å². The molecule has 3 aliphatic heterocycles. The van der Waals surface area contributed by atoms with E-state index in [4.69, 9.17) is 5.11 Å². The van der Waals surface area contributed by atoms with Crippen molar-refractivity contribution in [3.8, 4) is 0 Å². The van der Waals surface area contributed by atoms with Crippen molar-refractivity contribution in [2.45, 2.75) is 57.4 Å². The number of halogens is 1. The van der Waals surface area contributed by atoms with E-state index in [1.165, 1.54) is 11.0 Å². The Balaban J connectivity index is 1.22. The molecule has 3 N–H and O–H groups in total. The first-order valence-corrected chi connectivity index (χ1v) is 12.0. The molecule has 0 aromatic heterocycles. The average Bonchev–Trinajstić information content (AvgIpc) is 2.80. The predicted molar refractivity (Wildman–Crippen MR) is 123 cm³/mol. The monoisotopic (exact) mass is 460 g/mol. The highest BCUT2D eigenvalue weighted by atomic mass is 19.1. The van der Waals surface area contributed by atoms with Gasteiger partial charge in [-0.15, -0.1) is 0 Å². The van der Waals surface area contributed by atoms with Gasteiger partial charge in [-0.3, -0.25) is 14.9 Å². The third-order valence-corrected chi connectivity index (χ3v) is 7.35. The zero-order valence-electron chi connectivity index (χ0n) is 18.9. The molecular weight excluding hydrogens is 427 g/mol. The Kier molecular flexibility index (Phi) is 7.35. The van der Waals surface area contributed by atoms with Crippen molar-refractivity contribution in [2.24, 2.45) is 11.8 Å². The van der Waals surface area contributed by atoms with E-state index < -0.39 is 12.1 Å². The molecule has 1 aromatic carbocycles. The van der Waals surface area contributed by atoms with Crippen LogP contribution >= 0.6 is 0 Å². The first kappa shape index (κ1) is 23.3. The molecule has 33 heavy (non-hydrogen) atoms. The minimum absolute atomic E-state index is 0.272. The van der Waals surface area contributed by atoms with Gasteiger partial charge in [-0.2, -0.15) is 0 Å². The summed E-state index contributed by atoms with van der Waals surface area (Å²) >= 11 is 0. The van der Waals surface area contributed by atoms with E-state index in [0.29, 0.717) is 42.7 Å². The molecule has 0 bridgehead atoms. The molecular formula is C24H33FN4O4. The van der Waals surface area contributed by atoms with Crippen molar-refractivity contribution >= 4 is 29.3 Å². The van der Waals surface area contributed by atoms with Crippen molar-refractivity contribution in [1.82, 2.24) is 10.2 Å². The Morgan fingerprint density at radius 3 is 2.24 bits per heavy atom. The standard InChI is InChI=1S/C24H33FN4O4/c25-19-15-18(26-20-4-6-22(30)27-23(20)31)3-5-21(19)28-11-7-16(8-12-28)1-2-17-9-13-29(14-10-17)24(32)33/h3,5,15-17,20,26H,1-2,4,6-14H2,(H,32,33)(H,27,30,31). The van der Waals surface area contributed by atoms with Crippen LogP contribution in [-0.2, 0) is 9.59 Å². The van der Waals surface area contributed by atoms with Crippen molar-refractivity contribution in [2.75, 3.05) is 36.4 Å². The lowest BCUT2D eigenvalue weighted by Gasteiger charge is -2.35. The second-order valence-electron chi connectivity index (χ2n) is 9.53. The summed E-state index contributed by atoms with van der Waals surface area (Å²) in [6.45, 7) is 2.93. The molecule has 3 amide bonds. The largest absolute Gasteiger partial charge is 0.465 e. The molecule has 9 heteroatoms. The lowest BCUT2D eigenvalue weighted by Crippen LogP contribution is -2.47. The van der Waals surface area contributed by atoms with E-state index in [-0.39, 0.29) is 24.1 Å². The Labute approximate surface area is 193 Å². The van der Waals surface area contributed by atoms with Crippen LogP contribution in [0.25, 0.3) is 0 Å². The summed E-state index contributed by atoms with van der Waals surface area (Å²) in [5.41, 5.74) is 1.12. The van der Waals surface area contributed by atoms with Gasteiger partial charge in [0.2, 0.25) is 11.8 Å². The van der Waals surface area contributed by atoms with E-state index in [1.54, 1.807) is 12.1 Å². The van der Waals surface area contributed by atoms with Crippen LogP contribution in [0.2, 0.25) is 0 Å². The number of benzene rings is 1. The molecule has 1 aromatic rings. The normalized spacial score (nSPS) is 22.9. The Hall–Kier alpha value is -2.84. The summed E-state index contributed by atoms with van der Waals surface area (Å²) in [6.07, 6.45) is 6.14. The van der Waals surface area contributed by atoms with Gasteiger partial charge in [-0.05, 0) is 62.1 Å². The smallest absolute Gasteiger partial charge is 0.407 e. The maximum Gasteiger partial charge on any atom is 0.407 e. The topological polar surface area (TPSA) is 102 Å². The van der Waals surface area contributed by atoms with E-state index in [0.717, 1.165) is 51.6 Å². The van der Waals surface area contributed by atoms with Crippen molar-refractivity contribution in [3.05, 3.63) is 24.0 Å². The number of rotatable bonds is 6. The lowest BCUT2D eigenvalue weighted by molar-refractivity contribution is -0.133. The molecule has 1 atom stereocenters. The summed E-state index contributed by atoms with van der Waals surface area (Å²) in [5.74, 6) is 0.295. The minimum Gasteiger partial charge on any atom is -0.465 e. The quantitative estimate of drug-likeness (QED) is 0.562. The zero-order valence-corrected chi connectivity index (χ0v) is 18.9. The summed E-state index contributed by atoms with van der Waals surface area (Å²) in [5, 5.41) is 14.4. The van der Waals surface area contributed by atoms with Crippen LogP contribution in [-0.4, -0.2) is 60.1 Å². The molecule has 8 nitrogen and oxygen atoms in total. The van der Waals surface area contributed by atoms with Gasteiger partial charge >= 0.3 is 6.09 Å². The molecule has 1 unspecified atom stereocenters. The fourth-order valence-electron chi connectivity index (χ4n) is 5.23. The number of hydrogen-bond donors (Lipinski definition) is 3. The van der Waals surface area contributed by atoms with Gasteiger partial charge in [0.15, 0.2) is 0 Å². The summed E-state index contributed by atoms with van der Waals surface area (Å²) in [4.78, 5) is 37.8. The number of carboxylic acid groups (broad SMARTS) is 1. The van der Waals surface area contributed by atoms with Crippen LogP contribution in [0.3, 0.4) is 0 Å². The maximum absolute atomic E-state index is 14.8. The Morgan fingerprint density at radius 1 is 1.03 bits per heavy atom. The number of hydrogen-bond acceptors (Lipinski definition) is 5. The highest BCUT2D eigenvalue weighted by Gasteiger charge is 2.28. The minimum atomic E-state index is -0.812. The number of amides is 3. The number of likely N-dealkylation sites (tertiary alicyclic amines) is 1. The number of imide groups is 1. The first-order chi connectivity index (χ1) is 15.9. The van der Waals surface area contributed by atoms with Gasteiger partial charge < -0.3 is 20.2 Å². The van der Waals surface area contributed by atoms with Gasteiger partial charge in [-0.25, -0.2) is 9.18 Å². The lowest BCUT2D eigenvalue weighted by atomic mass is 9.85. The highest BCUT2D eigenvalue weighted by molar-refractivity contribution is 6.01. The molecule has 180 valence electrons. The van der Waals surface area contributed by atoms with Gasteiger partial charge in [0.05, 0.1) is 5.69 Å². The van der Waals surface area contributed by atoms with Gasteiger partial charge in [0.1, 0.15) is 11.9 Å². The zero-order chi connectivity index (χ0) is 23.4. The second kappa shape index (κ2) is 10.4. The van der Waals surface area contributed by atoms with Crippen LogP contribution in [0.4, 0.5) is 20.6 Å². The fraction of sp³-hybridized carbons (Fsp3) is 0.625. The molecule has 3 heterocycles. The summed E-state index contributed by atoms with van der Waals surface area (Å²) in [6, 6.07) is 4.45. The van der Waals surface area contributed by atoms with Crippen molar-refractivity contribution < 1.29 is 23.9 Å². The maximum atomic E-state index is 14.8. The predicted octanol–water partition coefficient (Wildman–Crippen LogP) is 3.43. The molecule has 0 spiro atoms. The summed E-state index contributed by atoms with van der Waals surface area (Å²) < 4.78 is 14.8. The molecule has 4 rings (SSSR count). The number of anilines is 2. The summed E-state index contributed by atoms with van der Waals surface area (Å²) in [7, 11) is 0. The van der Waals surface area contributed by atoms with E-state index in [2.05, 4.69) is 15.5 Å². The third kappa shape index (κ3) is 5.94. The number of nitrogens with zero attached hydrogens (tertiary/aromatic N) is 2.